The van der Waals surface area contributed by atoms with Crippen LogP contribution in [0.3, 0.4) is 0 Å². The number of hydrogen-bond donors (Lipinski definition) is 2. The minimum atomic E-state index is -0.749. The number of imide groups is 1. The molecule has 0 saturated carbocycles. The Balaban J connectivity index is 2.46. The van der Waals surface area contributed by atoms with Gasteiger partial charge in [0, 0.05) is 0 Å². The van der Waals surface area contributed by atoms with E-state index >= 15 is 0 Å². The quantitative estimate of drug-likeness (QED) is 0.787. The fraction of sp³-hybridized carbons (Fsp3) is 0.455. The summed E-state index contributed by atoms with van der Waals surface area (Å²) >= 11 is 0. The summed E-state index contributed by atoms with van der Waals surface area (Å²) in [5.74, 6) is 0.387. The number of carbonyl (C=O) groups excluding carboxylic acids is 2. The largest absolute Gasteiger partial charge is 0.463 e. The van der Waals surface area contributed by atoms with E-state index < -0.39 is 18.0 Å². The molecule has 0 fully saturated rings. The lowest BCUT2D eigenvalue weighted by Crippen LogP contribution is -2.92. The number of amides is 2. The lowest BCUT2D eigenvalue weighted by Gasteiger charge is -2.14. The van der Waals surface area contributed by atoms with Gasteiger partial charge in [0.15, 0.2) is 11.8 Å². The number of nitrogens with one attached hydrogen (secondary N) is 1. The van der Waals surface area contributed by atoms with Gasteiger partial charge in [-0.3, -0.25) is 10.1 Å². The van der Waals surface area contributed by atoms with Crippen LogP contribution in [0, 0.1) is 0 Å². The molecule has 3 N–H and O–H groups in total. The van der Waals surface area contributed by atoms with Crippen molar-refractivity contribution in [2.45, 2.75) is 25.9 Å². The highest BCUT2D eigenvalue weighted by molar-refractivity contribution is 5.93. The summed E-state index contributed by atoms with van der Waals surface area (Å²) < 4.78 is 9.57. The van der Waals surface area contributed by atoms with Gasteiger partial charge in [0.25, 0.3) is 5.91 Å². The molecule has 0 bridgehead atoms. The SMILES string of the molecule is COC(=O)NC(=O)[C@@H](C)[NH2+][C@H](C)c1ccco1. The maximum absolute atomic E-state index is 11.5. The minimum absolute atomic E-state index is 0.00315. The highest BCUT2D eigenvalue weighted by Gasteiger charge is 2.23. The summed E-state index contributed by atoms with van der Waals surface area (Å²) in [6.45, 7) is 3.62. The van der Waals surface area contributed by atoms with E-state index in [1.807, 2.05) is 13.0 Å². The summed E-state index contributed by atoms with van der Waals surface area (Å²) in [5, 5.41) is 3.92. The molecule has 6 heteroatoms. The van der Waals surface area contributed by atoms with E-state index in [0.717, 1.165) is 5.76 Å². The Hall–Kier alpha value is -1.82. The number of ether oxygens (including phenoxy) is 1. The molecule has 1 aromatic rings. The van der Waals surface area contributed by atoms with E-state index in [2.05, 4.69) is 10.1 Å². The van der Waals surface area contributed by atoms with Crippen LogP contribution < -0.4 is 10.6 Å². The van der Waals surface area contributed by atoms with E-state index in [1.54, 1.807) is 24.6 Å². The smallest absolute Gasteiger partial charge is 0.413 e. The van der Waals surface area contributed by atoms with E-state index in [4.69, 9.17) is 4.42 Å². The number of nitrogens with two attached hydrogens (primary N) is 1. The second-order valence-electron chi connectivity index (χ2n) is 3.77. The zero-order valence-electron chi connectivity index (χ0n) is 10.1. The Labute approximate surface area is 99.3 Å². The molecule has 0 aliphatic carbocycles. The second-order valence-corrected chi connectivity index (χ2v) is 3.77. The Kier molecular flexibility index (Phi) is 4.71. The van der Waals surface area contributed by atoms with E-state index in [1.165, 1.54) is 7.11 Å². The van der Waals surface area contributed by atoms with Crippen molar-refractivity contribution in [1.82, 2.24) is 5.32 Å². The molecule has 94 valence electrons. The van der Waals surface area contributed by atoms with Crippen molar-refractivity contribution in [3.63, 3.8) is 0 Å². The molecule has 17 heavy (non-hydrogen) atoms. The number of carbonyl (C=O) groups is 2. The monoisotopic (exact) mass is 241 g/mol. The van der Waals surface area contributed by atoms with Crippen LogP contribution in [0.1, 0.15) is 25.6 Å². The first-order valence-corrected chi connectivity index (χ1v) is 5.31. The van der Waals surface area contributed by atoms with Gasteiger partial charge in [-0.05, 0) is 26.0 Å². The molecule has 0 saturated heterocycles. The van der Waals surface area contributed by atoms with Crippen LogP contribution >= 0.6 is 0 Å². The Morgan fingerprint density at radius 2 is 2.18 bits per heavy atom. The van der Waals surface area contributed by atoms with E-state index in [0.29, 0.717) is 0 Å². The van der Waals surface area contributed by atoms with Gasteiger partial charge in [-0.2, -0.15) is 0 Å². The van der Waals surface area contributed by atoms with E-state index in [-0.39, 0.29) is 6.04 Å². The third-order valence-electron chi connectivity index (χ3n) is 2.39. The molecule has 0 aromatic carbocycles. The van der Waals surface area contributed by atoms with Gasteiger partial charge in [0.1, 0.15) is 6.04 Å². The topological polar surface area (TPSA) is 85.1 Å². The van der Waals surface area contributed by atoms with Crippen LogP contribution in [0.5, 0.6) is 0 Å². The minimum Gasteiger partial charge on any atom is -0.463 e. The molecule has 0 unspecified atom stereocenters. The van der Waals surface area contributed by atoms with Crippen molar-refractivity contribution in [1.29, 1.82) is 0 Å². The van der Waals surface area contributed by atoms with Crippen LogP contribution in [0.25, 0.3) is 0 Å². The van der Waals surface area contributed by atoms with Crippen molar-refractivity contribution in [2.24, 2.45) is 0 Å². The first-order chi connectivity index (χ1) is 8.04. The maximum Gasteiger partial charge on any atom is 0.413 e. The van der Waals surface area contributed by atoms with Crippen molar-refractivity contribution >= 4 is 12.0 Å². The van der Waals surface area contributed by atoms with Crippen molar-refractivity contribution in [3.05, 3.63) is 24.2 Å². The predicted octanol–water partition coefficient (Wildman–Crippen LogP) is 0.175. The summed E-state index contributed by atoms with van der Waals surface area (Å²) in [7, 11) is 1.21. The molecule has 0 aliphatic rings. The molecule has 1 rings (SSSR count). The zero-order chi connectivity index (χ0) is 12.8. The van der Waals surface area contributed by atoms with Crippen LogP contribution in [-0.4, -0.2) is 25.2 Å². The third kappa shape index (κ3) is 3.92. The number of methoxy groups -OCH3 is 1. The normalized spacial score (nSPS) is 13.8. The van der Waals surface area contributed by atoms with Gasteiger partial charge in [-0.25, -0.2) is 4.79 Å². The average Bonchev–Trinajstić information content (AvgIpc) is 2.82. The van der Waals surface area contributed by atoms with Crippen molar-refractivity contribution in [3.8, 4) is 0 Å². The first-order valence-electron chi connectivity index (χ1n) is 5.31. The van der Waals surface area contributed by atoms with E-state index in [9.17, 15) is 9.59 Å². The van der Waals surface area contributed by atoms with Crippen LogP contribution in [0.2, 0.25) is 0 Å². The summed E-state index contributed by atoms with van der Waals surface area (Å²) in [4.78, 5) is 22.4. The highest BCUT2D eigenvalue weighted by Crippen LogP contribution is 2.07. The maximum atomic E-state index is 11.5. The number of alkyl carbamates (subject to hydrolysis) is 1. The van der Waals surface area contributed by atoms with Crippen LogP contribution in [-0.2, 0) is 9.53 Å². The fourth-order valence-electron chi connectivity index (χ4n) is 1.43. The number of quaternary nitrogens is 1. The third-order valence-corrected chi connectivity index (χ3v) is 2.39. The molecule has 0 radical (unpaired) electrons. The molecule has 6 nitrogen and oxygen atoms in total. The Morgan fingerprint density at radius 3 is 2.71 bits per heavy atom. The van der Waals surface area contributed by atoms with Crippen molar-refractivity contribution in [2.75, 3.05) is 7.11 Å². The van der Waals surface area contributed by atoms with Crippen LogP contribution in [0.4, 0.5) is 4.79 Å². The molecule has 0 spiro atoms. The zero-order valence-corrected chi connectivity index (χ0v) is 10.1. The lowest BCUT2D eigenvalue weighted by molar-refractivity contribution is -0.712. The van der Waals surface area contributed by atoms with Gasteiger partial charge in [-0.15, -0.1) is 0 Å². The molecule has 1 aromatic heterocycles. The molecule has 0 aliphatic heterocycles. The summed E-state index contributed by atoms with van der Waals surface area (Å²) in [6.07, 6.45) is 0.833. The van der Waals surface area contributed by atoms with Crippen LogP contribution in [0.15, 0.2) is 22.8 Å². The lowest BCUT2D eigenvalue weighted by atomic mass is 10.2. The number of furan rings is 1. The molecule has 2 atom stereocenters. The standard InChI is InChI=1S/C11H16N2O4/c1-7(9-5-4-6-17-9)12-8(2)10(14)13-11(15)16-3/h4-8,12H,1-3H3,(H,13,14,15)/p+1/t7-,8-/m1/s1. The van der Waals surface area contributed by atoms with Gasteiger partial charge >= 0.3 is 6.09 Å². The molecule has 2 amide bonds. The predicted molar refractivity (Wildman–Crippen MR) is 59.1 cm³/mol. The number of rotatable bonds is 4. The molecule has 1 heterocycles. The Bertz CT molecular complexity index is 375. The van der Waals surface area contributed by atoms with Crippen molar-refractivity contribution < 1.29 is 24.1 Å². The Morgan fingerprint density at radius 1 is 1.47 bits per heavy atom. The fourth-order valence-corrected chi connectivity index (χ4v) is 1.43. The highest BCUT2D eigenvalue weighted by atomic mass is 16.5. The first kappa shape index (κ1) is 13.2. The summed E-state index contributed by atoms with van der Waals surface area (Å²) in [5.41, 5.74) is 0. The number of hydrogen-bond acceptors (Lipinski definition) is 4. The average molecular weight is 241 g/mol. The summed E-state index contributed by atoms with van der Waals surface area (Å²) in [6, 6.07) is 3.22. The second kappa shape index (κ2) is 6.05. The molecular weight excluding hydrogens is 224 g/mol. The van der Waals surface area contributed by atoms with Gasteiger partial charge in [-0.1, -0.05) is 0 Å². The molecular formula is C11H17N2O4+. The van der Waals surface area contributed by atoms with Gasteiger partial charge in [0.2, 0.25) is 0 Å². The van der Waals surface area contributed by atoms with Gasteiger partial charge in [0.05, 0.1) is 13.4 Å². The van der Waals surface area contributed by atoms with Gasteiger partial charge < -0.3 is 14.5 Å².